The maximum atomic E-state index is 12.8. The molecule has 4 aromatic rings. The normalized spacial score (nSPS) is 20.4. The van der Waals surface area contributed by atoms with Crippen LogP contribution in [0.3, 0.4) is 0 Å². The van der Waals surface area contributed by atoms with Crippen LogP contribution in [-0.2, 0) is 25.7 Å². The van der Waals surface area contributed by atoms with E-state index >= 15 is 0 Å². The number of aromatic amines is 1. The van der Waals surface area contributed by atoms with Crippen molar-refractivity contribution in [3.8, 4) is 0 Å². The monoisotopic (exact) mass is 670 g/mol. The molecule has 0 unspecified atom stereocenters. The summed E-state index contributed by atoms with van der Waals surface area (Å²) >= 11 is 0. The van der Waals surface area contributed by atoms with E-state index < -0.39 is 12.3 Å². The number of carboxylic acids is 1. The number of aliphatic carboxylic acids is 1. The number of amides is 1. The van der Waals surface area contributed by atoms with Gasteiger partial charge in [0.25, 0.3) is 0 Å². The number of imidazole rings is 1. The van der Waals surface area contributed by atoms with Crippen LogP contribution < -0.4 is 11.0 Å². The number of likely N-dealkylation sites (tertiary alicyclic amines) is 1. The summed E-state index contributed by atoms with van der Waals surface area (Å²) < 4.78 is 15.0. The fourth-order valence-electron chi connectivity index (χ4n) is 6.98. The summed E-state index contributed by atoms with van der Waals surface area (Å²) in [6.07, 6.45) is 5.06. The number of para-hydroxylation sites is 2. The van der Waals surface area contributed by atoms with Crippen molar-refractivity contribution >= 4 is 28.6 Å². The summed E-state index contributed by atoms with van der Waals surface area (Å²) in [5.41, 5.74) is 5.19. The van der Waals surface area contributed by atoms with Gasteiger partial charge >= 0.3 is 11.7 Å². The van der Waals surface area contributed by atoms with Crippen LogP contribution in [0, 0.1) is 0 Å². The van der Waals surface area contributed by atoms with Crippen LogP contribution in [0.15, 0.2) is 77.6 Å². The minimum atomic E-state index is -0.786. The highest BCUT2D eigenvalue weighted by atomic mass is 16.7. The van der Waals surface area contributed by atoms with E-state index in [4.69, 9.17) is 14.6 Å². The van der Waals surface area contributed by atoms with Crippen molar-refractivity contribution in [3.63, 3.8) is 0 Å². The van der Waals surface area contributed by atoms with Crippen molar-refractivity contribution in [2.24, 2.45) is 0 Å². The largest absolute Gasteiger partial charge is 0.481 e. The number of aliphatic hydroxyl groups is 1. The van der Waals surface area contributed by atoms with Crippen LogP contribution in [0.1, 0.15) is 92.9 Å². The Balaban J connectivity index is 1.07. The number of carbonyl (C=O) groups is 2. The molecule has 4 N–H and O–H groups in total. The molecule has 1 amide bonds. The van der Waals surface area contributed by atoms with Gasteiger partial charge in [-0.15, -0.1) is 0 Å². The maximum Gasteiger partial charge on any atom is 0.326 e. The zero-order valence-electron chi connectivity index (χ0n) is 27.8. The predicted molar refractivity (Wildman–Crippen MR) is 186 cm³/mol. The first-order chi connectivity index (χ1) is 23.9. The molecule has 0 saturated carbocycles. The Kier molecular flexibility index (Phi) is 11.6. The number of nitrogens with one attached hydrogen (secondary N) is 2. The van der Waals surface area contributed by atoms with Crippen LogP contribution in [0.25, 0.3) is 11.0 Å². The van der Waals surface area contributed by atoms with Crippen molar-refractivity contribution in [2.45, 2.75) is 88.9 Å². The molecule has 3 heterocycles. The molecular formula is C38H46N4O7. The van der Waals surface area contributed by atoms with Gasteiger partial charge in [-0.3, -0.25) is 14.2 Å². The number of hydrogen-bond donors (Lipinski definition) is 4. The first kappa shape index (κ1) is 34.6. The number of H-pyrrole nitrogens is 1. The Morgan fingerprint density at radius 1 is 0.857 bits per heavy atom. The fourth-order valence-corrected chi connectivity index (χ4v) is 6.98. The van der Waals surface area contributed by atoms with Gasteiger partial charge in [0.05, 0.1) is 29.8 Å². The molecule has 3 atom stereocenters. The van der Waals surface area contributed by atoms with Crippen LogP contribution in [0.2, 0.25) is 0 Å². The molecule has 0 bridgehead atoms. The zero-order valence-corrected chi connectivity index (χ0v) is 27.8. The summed E-state index contributed by atoms with van der Waals surface area (Å²) in [4.78, 5) is 41.3. The number of nitrogens with zero attached hydrogens (tertiary/aromatic N) is 2. The molecule has 0 radical (unpaired) electrons. The fraction of sp³-hybridized carbons (Fsp3) is 0.447. The number of carboxylic acid groups (broad SMARTS) is 1. The number of carbonyl (C=O) groups excluding carboxylic acids is 1. The number of aromatic nitrogens is 2. The van der Waals surface area contributed by atoms with Gasteiger partial charge in [-0.1, -0.05) is 61.4 Å². The Bertz CT molecular complexity index is 1740. The lowest BCUT2D eigenvalue weighted by molar-refractivity contribution is -0.253. The van der Waals surface area contributed by atoms with Gasteiger partial charge < -0.3 is 34.9 Å². The topological polar surface area (TPSA) is 146 Å². The molecule has 6 rings (SSSR count). The molecular weight excluding hydrogens is 624 g/mol. The van der Waals surface area contributed by atoms with Crippen molar-refractivity contribution < 1.29 is 29.3 Å². The molecule has 0 spiro atoms. The minimum Gasteiger partial charge on any atom is -0.481 e. The molecule has 0 aliphatic carbocycles. The van der Waals surface area contributed by atoms with E-state index in [-0.39, 0.29) is 42.9 Å². The maximum absolute atomic E-state index is 12.8. The average molecular weight is 671 g/mol. The van der Waals surface area contributed by atoms with Gasteiger partial charge in [0.2, 0.25) is 5.91 Å². The smallest absolute Gasteiger partial charge is 0.326 e. The standard InChI is InChI=1S/C38H46N4O7/c43-25-26-11-13-27(14-12-26)34-23-31(24-41-21-19-30(20-22-41)42-33-8-6-5-7-32(33)40-38(42)47)48-37(49-34)28-15-17-29(18-16-28)39-35(44)9-3-1-2-4-10-36(45)46/h5-8,11-18,30-31,34,37,43H,1-4,9-10,19-25H2,(H,39,44)(H,40,47)(H,45,46)/t31-,34+,37+/m0/s1. The molecule has 1 aromatic heterocycles. The first-order valence-electron chi connectivity index (χ1n) is 17.4. The third kappa shape index (κ3) is 9.04. The summed E-state index contributed by atoms with van der Waals surface area (Å²) in [6, 6.07) is 23.4. The quantitative estimate of drug-likeness (QED) is 0.118. The second kappa shape index (κ2) is 16.4. The van der Waals surface area contributed by atoms with E-state index in [0.29, 0.717) is 31.4 Å². The van der Waals surface area contributed by atoms with Crippen LogP contribution >= 0.6 is 0 Å². The molecule has 11 nitrogen and oxygen atoms in total. The van der Waals surface area contributed by atoms with Gasteiger partial charge in [-0.05, 0) is 61.1 Å². The van der Waals surface area contributed by atoms with E-state index in [9.17, 15) is 19.5 Å². The average Bonchev–Trinajstić information content (AvgIpc) is 3.45. The molecule has 260 valence electrons. The lowest BCUT2D eigenvalue weighted by Crippen LogP contribution is -2.43. The minimum absolute atomic E-state index is 0.0174. The van der Waals surface area contributed by atoms with Crippen molar-refractivity contribution in [3.05, 3.63) is 100.0 Å². The van der Waals surface area contributed by atoms with Crippen LogP contribution in [-0.4, -0.2) is 62.3 Å². The number of anilines is 1. The van der Waals surface area contributed by atoms with Gasteiger partial charge in [0, 0.05) is 56.2 Å². The molecule has 2 saturated heterocycles. The zero-order chi connectivity index (χ0) is 34.2. The van der Waals surface area contributed by atoms with Gasteiger partial charge in [0.15, 0.2) is 6.29 Å². The molecule has 11 heteroatoms. The molecule has 49 heavy (non-hydrogen) atoms. The number of fused-ring (bicyclic) bond motifs is 1. The lowest BCUT2D eigenvalue weighted by atomic mass is 9.98. The highest BCUT2D eigenvalue weighted by molar-refractivity contribution is 5.90. The number of hydrogen-bond acceptors (Lipinski definition) is 7. The van der Waals surface area contributed by atoms with Gasteiger partial charge in [0.1, 0.15) is 0 Å². The first-order valence-corrected chi connectivity index (χ1v) is 17.4. The number of rotatable bonds is 14. The van der Waals surface area contributed by atoms with Gasteiger partial charge in [-0.2, -0.15) is 0 Å². The second-order valence-corrected chi connectivity index (χ2v) is 13.2. The Hall–Kier alpha value is -4.29. The van der Waals surface area contributed by atoms with E-state index in [1.807, 2.05) is 77.4 Å². The molecule has 2 aliphatic heterocycles. The Labute approximate surface area is 285 Å². The summed E-state index contributed by atoms with van der Waals surface area (Å²) in [5.74, 6) is -0.855. The van der Waals surface area contributed by atoms with E-state index in [0.717, 1.165) is 73.0 Å². The second-order valence-electron chi connectivity index (χ2n) is 13.2. The highest BCUT2D eigenvalue weighted by Gasteiger charge is 2.34. The van der Waals surface area contributed by atoms with Crippen molar-refractivity contribution in [1.29, 1.82) is 0 Å². The number of ether oxygens (including phenoxy) is 2. The molecule has 3 aromatic carbocycles. The number of unbranched alkanes of at least 4 members (excludes halogenated alkanes) is 3. The predicted octanol–water partition coefficient (Wildman–Crippen LogP) is 6.07. The van der Waals surface area contributed by atoms with E-state index in [2.05, 4.69) is 15.2 Å². The number of aliphatic hydroxyl groups excluding tert-OH is 1. The third-order valence-corrected chi connectivity index (χ3v) is 9.63. The third-order valence-electron chi connectivity index (χ3n) is 9.63. The van der Waals surface area contributed by atoms with Gasteiger partial charge in [-0.25, -0.2) is 4.79 Å². The number of piperidine rings is 1. The Morgan fingerprint density at radius 2 is 1.55 bits per heavy atom. The van der Waals surface area contributed by atoms with Crippen molar-refractivity contribution in [2.75, 3.05) is 25.0 Å². The molecule has 2 aliphatic rings. The van der Waals surface area contributed by atoms with E-state index in [1.54, 1.807) is 0 Å². The van der Waals surface area contributed by atoms with E-state index in [1.165, 1.54) is 0 Å². The lowest BCUT2D eigenvalue weighted by Gasteiger charge is -2.40. The van der Waals surface area contributed by atoms with Crippen LogP contribution in [0.5, 0.6) is 0 Å². The summed E-state index contributed by atoms with van der Waals surface area (Å²) in [6.45, 7) is 2.44. The Morgan fingerprint density at radius 3 is 2.27 bits per heavy atom. The molecule has 2 fully saturated rings. The van der Waals surface area contributed by atoms with Crippen molar-refractivity contribution in [1.82, 2.24) is 14.5 Å². The number of benzene rings is 3. The highest BCUT2D eigenvalue weighted by Crippen LogP contribution is 2.39. The van der Waals surface area contributed by atoms with Crippen LogP contribution in [0.4, 0.5) is 5.69 Å². The SMILES string of the molecule is O=C(O)CCCCCCC(=O)Nc1ccc([C@@H]2O[C@H](CN3CCC(n4c(=O)[nH]c5ccccc54)CC3)C[C@H](c3ccc(CO)cc3)O2)cc1. The summed E-state index contributed by atoms with van der Waals surface area (Å²) in [7, 11) is 0. The summed E-state index contributed by atoms with van der Waals surface area (Å²) in [5, 5.41) is 21.3.